The van der Waals surface area contributed by atoms with Gasteiger partial charge in [0, 0.05) is 4.88 Å². The standard InChI is InChI=1S/C15H16N2O3S/c1-2-20-15(19)11-8-12(10-6-4-3-5-7-10)21-14(11)17-13(18)9-16/h3-8H,2,9,16H2,1H3,(H,17,18). The van der Waals surface area contributed by atoms with E-state index in [0.29, 0.717) is 10.6 Å². The van der Waals surface area contributed by atoms with E-state index in [1.165, 1.54) is 11.3 Å². The van der Waals surface area contributed by atoms with Gasteiger partial charge in [-0.1, -0.05) is 30.3 Å². The van der Waals surface area contributed by atoms with Gasteiger partial charge in [0.25, 0.3) is 0 Å². The van der Waals surface area contributed by atoms with Crippen LogP contribution in [0.25, 0.3) is 10.4 Å². The topological polar surface area (TPSA) is 81.4 Å². The highest BCUT2D eigenvalue weighted by Gasteiger charge is 2.19. The molecule has 0 saturated heterocycles. The zero-order valence-corrected chi connectivity index (χ0v) is 12.4. The van der Waals surface area contributed by atoms with Gasteiger partial charge in [-0.2, -0.15) is 0 Å². The molecule has 0 fully saturated rings. The Bertz CT molecular complexity index is 638. The van der Waals surface area contributed by atoms with Crippen molar-refractivity contribution in [2.24, 2.45) is 5.73 Å². The van der Waals surface area contributed by atoms with E-state index in [4.69, 9.17) is 10.5 Å². The predicted molar refractivity (Wildman–Crippen MR) is 83.4 cm³/mol. The Balaban J connectivity index is 2.39. The van der Waals surface area contributed by atoms with Crippen LogP contribution in [0.3, 0.4) is 0 Å². The lowest BCUT2D eigenvalue weighted by molar-refractivity contribution is -0.114. The van der Waals surface area contributed by atoms with Crippen LogP contribution in [0.2, 0.25) is 0 Å². The van der Waals surface area contributed by atoms with Crippen molar-refractivity contribution in [1.82, 2.24) is 0 Å². The molecule has 0 saturated carbocycles. The molecular formula is C15H16N2O3S. The molecule has 2 rings (SSSR count). The van der Waals surface area contributed by atoms with E-state index >= 15 is 0 Å². The highest BCUT2D eigenvalue weighted by atomic mass is 32.1. The third-order valence-electron chi connectivity index (χ3n) is 2.72. The van der Waals surface area contributed by atoms with Crippen LogP contribution in [-0.2, 0) is 9.53 Å². The number of nitrogens with one attached hydrogen (secondary N) is 1. The number of esters is 1. The molecule has 0 radical (unpaired) electrons. The molecule has 1 aromatic heterocycles. The third kappa shape index (κ3) is 3.68. The summed E-state index contributed by atoms with van der Waals surface area (Å²) in [5.74, 6) is -0.801. The van der Waals surface area contributed by atoms with Crippen molar-refractivity contribution in [3.8, 4) is 10.4 Å². The molecule has 0 spiro atoms. The Morgan fingerprint density at radius 3 is 2.62 bits per heavy atom. The number of amides is 1. The fraction of sp³-hybridized carbons (Fsp3) is 0.200. The van der Waals surface area contributed by atoms with Crippen LogP contribution in [0.5, 0.6) is 0 Å². The number of nitrogens with two attached hydrogens (primary N) is 1. The molecule has 110 valence electrons. The molecule has 0 atom stereocenters. The maximum atomic E-state index is 12.0. The number of hydrogen-bond donors (Lipinski definition) is 2. The van der Waals surface area contributed by atoms with E-state index in [2.05, 4.69) is 5.32 Å². The first-order chi connectivity index (χ1) is 10.2. The van der Waals surface area contributed by atoms with Gasteiger partial charge >= 0.3 is 5.97 Å². The lowest BCUT2D eigenvalue weighted by atomic mass is 10.1. The first-order valence-electron chi connectivity index (χ1n) is 6.52. The average Bonchev–Trinajstić information content (AvgIpc) is 2.92. The SMILES string of the molecule is CCOC(=O)c1cc(-c2ccccc2)sc1NC(=O)CN. The second-order valence-corrected chi connectivity index (χ2v) is 5.24. The van der Waals surface area contributed by atoms with E-state index in [-0.39, 0.29) is 19.1 Å². The van der Waals surface area contributed by atoms with Crippen LogP contribution < -0.4 is 11.1 Å². The molecule has 0 aliphatic heterocycles. The number of carbonyl (C=O) groups is 2. The number of ether oxygens (including phenoxy) is 1. The summed E-state index contributed by atoms with van der Waals surface area (Å²) in [6, 6.07) is 11.4. The van der Waals surface area contributed by atoms with Gasteiger partial charge in [0.15, 0.2) is 0 Å². The summed E-state index contributed by atoms with van der Waals surface area (Å²) in [6.07, 6.45) is 0. The van der Waals surface area contributed by atoms with Crippen molar-refractivity contribution in [2.45, 2.75) is 6.92 Å². The highest BCUT2D eigenvalue weighted by Crippen LogP contribution is 2.35. The molecular weight excluding hydrogens is 288 g/mol. The average molecular weight is 304 g/mol. The Labute approximate surface area is 126 Å². The molecule has 21 heavy (non-hydrogen) atoms. The number of carbonyl (C=O) groups excluding carboxylic acids is 2. The van der Waals surface area contributed by atoms with Crippen LogP contribution in [0.1, 0.15) is 17.3 Å². The summed E-state index contributed by atoms with van der Waals surface area (Å²) in [5, 5.41) is 3.10. The summed E-state index contributed by atoms with van der Waals surface area (Å²) in [6.45, 7) is 1.88. The van der Waals surface area contributed by atoms with Crippen molar-refractivity contribution in [3.63, 3.8) is 0 Å². The number of hydrogen-bond acceptors (Lipinski definition) is 5. The molecule has 0 unspecified atom stereocenters. The molecule has 3 N–H and O–H groups in total. The monoisotopic (exact) mass is 304 g/mol. The second kappa shape index (κ2) is 7.01. The summed E-state index contributed by atoms with van der Waals surface area (Å²) in [4.78, 5) is 24.3. The van der Waals surface area contributed by atoms with Crippen LogP contribution in [0, 0.1) is 0 Å². The fourth-order valence-corrected chi connectivity index (χ4v) is 2.83. The number of anilines is 1. The minimum atomic E-state index is -0.455. The first kappa shape index (κ1) is 15.2. The Morgan fingerprint density at radius 2 is 2.00 bits per heavy atom. The smallest absolute Gasteiger partial charge is 0.341 e. The van der Waals surface area contributed by atoms with E-state index in [0.717, 1.165) is 10.4 Å². The van der Waals surface area contributed by atoms with Gasteiger partial charge in [0.1, 0.15) is 5.00 Å². The maximum Gasteiger partial charge on any atom is 0.341 e. The van der Waals surface area contributed by atoms with E-state index < -0.39 is 5.97 Å². The fourth-order valence-electron chi connectivity index (χ4n) is 1.77. The Kier molecular flexibility index (Phi) is 5.08. The largest absolute Gasteiger partial charge is 0.462 e. The van der Waals surface area contributed by atoms with Gasteiger partial charge in [-0.15, -0.1) is 11.3 Å². The summed E-state index contributed by atoms with van der Waals surface area (Å²) in [7, 11) is 0. The molecule has 5 nitrogen and oxygen atoms in total. The Morgan fingerprint density at radius 1 is 1.29 bits per heavy atom. The van der Waals surface area contributed by atoms with Crippen molar-refractivity contribution in [2.75, 3.05) is 18.5 Å². The second-order valence-electron chi connectivity index (χ2n) is 4.19. The predicted octanol–water partition coefficient (Wildman–Crippen LogP) is 2.49. The normalized spacial score (nSPS) is 10.2. The quantitative estimate of drug-likeness (QED) is 0.832. The van der Waals surface area contributed by atoms with Crippen LogP contribution >= 0.6 is 11.3 Å². The summed E-state index contributed by atoms with van der Waals surface area (Å²) < 4.78 is 5.02. The molecule has 0 aliphatic carbocycles. The third-order valence-corrected chi connectivity index (χ3v) is 3.82. The first-order valence-corrected chi connectivity index (χ1v) is 7.33. The van der Waals surface area contributed by atoms with Gasteiger partial charge < -0.3 is 15.8 Å². The zero-order valence-electron chi connectivity index (χ0n) is 11.6. The molecule has 0 aliphatic rings. The van der Waals surface area contributed by atoms with Crippen molar-refractivity contribution in [1.29, 1.82) is 0 Å². The number of rotatable bonds is 5. The molecule has 2 aromatic rings. The lowest BCUT2D eigenvalue weighted by Crippen LogP contribution is -2.22. The number of thiophene rings is 1. The highest BCUT2D eigenvalue weighted by molar-refractivity contribution is 7.20. The Hall–Kier alpha value is -2.18. The minimum Gasteiger partial charge on any atom is -0.462 e. The minimum absolute atomic E-state index is 0.138. The van der Waals surface area contributed by atoms with Gasteiger partial charge in [-0.05, 0) is 18.6 Å². The maximum absolute atomic E-state index is 12.0. The zero-order chi connectivity index (χ0) is 15.2. The molecule has 1 aromatic carbocycles. The van der Waals surface area contributed by atoms with Crippen molar-refractivity contribution >= 4 is 28.2 Å². The van der Waals surface area contributed by atoms with Gasteiger partial charge in [-0.3, -0.25) is 4.79 Å². The summed E-state index contributed by atoms with van der Waals surface area (Å²) in [5.41, 5.74) is 6.62. The van der Waals surface area contributed by atoms with Crippen LogP contribution in [-0.4, -0.2) is 25.0 Å². The molecule has 1 heterocycles. The molecule has 6 heteroatoms. The van der Waals surface area contributed by atoms with Gasteiger partial charge in [-0.25, -0.2) is 4.79 Å². The van der Waals surface area contributed by atoms with E-state index in [1.807, 2.05) is 30.3 Å². The lowest BCUT2D eigenvalue weighted by Gasteiger charge is -2.04. The summed E-state index contributed by atoms with van der Waals surface area (Å²) >= 11 is 1.32. The molecule has 0 bridgehead atoms. The van der Waals surface area contributed by atoms with Crippen LogP contribution in [0.15, 0.2) is 36.4 Å². The van der Waals surface area contributed by atoms with Gasteiger partial charge in [0.05, 0.1) is 18.7 Å². The van der Waals surface area contributed by atoms with Gasteiger partial charge in [0.2, 0.25) is 5.91 Å². The van der Waals surface area contributed by atoms with Crippen molar-refractivity contribution in [3.05, 3.63) is 42.0 Å². The number of benzene rings is 1. The van der Waals surface area contributed by atoms with E-state index in [1.54, 1.807) is 13.0 Å². The van der Waals surface area contributed by atoms with E-state index in [9.17, 15) is 9.59 Å². The van der Waals surface area contributed by atoms with Crippen LogP contribution in [0.4, 0.5) is 5.00 Å². The van der Waals surface area contributed by atoms with Crippen molar-refractivity contribution < 1.29 is 14.3 Å². The molecule has 1 amide bonds.